The van der Waals surface area contributed by atoms with Crippen molar-refractivity contribution in [1.82, 2.24) is 5.32 Å². The highest BCUT2D eigenvalue weighted by Crippen LogP contribution is 2.22. The average molecular weight is 430 g/mol. The monoisotopic (exact) mass is 429 g/mol. The molecule has 0 aromatic heterocycles. The summed E-state index contributed by atoms with van der Waals surface area (Å²) in [5.41, 5.74) is 3.29. The zero-order valence-electron chi connectivity index (χ0n) is 18.5. The molecule has 164 valence electrons. The number of amides is 1. The van der Waals surface area contributed by atoms with Gasteiger partial charge in [0.05, 0.1) is 0 Å². The van der Waals surface area contributed by atoms with Gasteiger partial charge in [-0.2, -0.15) is 0 Å². The molecular formula is C27H27NO4. The zero-order chi connectivity index (χ0) is 23.3. The minimum Gasteiger partial charge on any atom is -0.480 e. The number of hydrogen-bond donors (Lipinski definition) is 2. The number of benzene rings is 3. The summed E-state index contributed by atoms with van der Waals surface area (Å²) in [7, 11) is 0. The smallest absolute Gasteiger partial charge is 0.326 e. The summed E-state index contributed by atoms with van der Waals surface area (Å²) < 4.78 is 0. The molecule has 0 fully saturated rings. The molecule has 0 spiro atoms. The molecular weight excluding hydrogens is 402 g/mol. The molecule has 0 saturated carbocycles. The molecule has 5 heteroatoms. The van der Waals surface area contributed by atoms with E-state index in [1.165, 1.54) is 0 Å². The van der Waals surface area contributed by atoms with Crippen LogP contribution in [-0.2, 0) is 16.6 Å². The topological polar surface area (TPSA) is 83.5 Å². The molecule has 3 aromatic rings. The molecule has 0 saturated heterocycles. The first kappa shape index (κ1) is 22.9. The molecule has 0 radical (unpaired) electrons. The van der Waals surface area contributed by atoms with Crippen molar-refractivity contribution >= 4 is 17.7 Å². The summed E-state index contributed by atoms with van der Waals surface area (Å²) in [6.45, 7) is 6.25. The second-order valence-corrected chi connectivity index (χ2v) is 8.79. The van der Waals surface area contributed by atoms with Crippen LogP contribution in [0.4, 0.5) is 0 Å². The summed E-state index contributed by atoms with van der Waals surface area (Å²) in [4.78, 5) is 36.9. The van der Waals surface area contributed by atoms with Crippen LogP contribution >= 0.6 is 0 Å². The van der Waals surface area contributed by atoms with Crippen LogP contribution in [-0.4, -0.2) is 28.8 Å². The first-order chi connectivity index (χ1) is 15.1. The van der Waals surface area contributed by atoms with Crippen LogP contribution in [0.25, 0.3) is 0 Å². The third-order valence-corrected chi connectivity index (χ3v) is 5.31. The lowest BCUT2D eigenvalue weighted by atomic mass is 9.86. The maximum Gasteiger partial charge on any atom is 0.326 e. The van der Waals surface area contributed by atoms with Crippen LogP contribution in [0.5, 0.6) is 0 Å². The second-order valence-electron chi connectivity index (χ2n) is 8.79. The Labute approximate surface area is 188 Å². The van der Waals surface area contributed by atoms with E-state index in [9.17, 15) is 19.5 Å². The molecule has 0 aliphatic rings. The van der Waals surface area contributed by atoms with Gasteiger partial charge in [-0.05, 0) is 28.7 Å². The number of nitrogens with one attached hydrogen (secondary N) is 1. The van der Waals surface area contributed by atoms with Crippen LogP contribution in [0, 0.1) is 0 Å². The molecule has 2 N–H and O–H groups in total. The third-order valence-electron chi connectivity index (χ3n) is 5.31. The van der Waals surface area contributed by atoms with Crippen molar-refractivity contribution in [2.24, 2.45) is 0 Å². The van der Waals surface area contributed by atoms with Gasteiger partial charge < -0.3 is 10.4 Å². The Morgan fingerprint density at radius 3 is 1.84 bits per heavy atom. The van der Waals surface area contributed by atoms with Crippen molar-refractivity contribution in [2.75, 3.05) is 0 Å². The summed E-state index contributed by atoms with van der Waals surface area (Å²) in [5, 5.41) is 12.2. The Kier molecular flexibility index (Phi) is 6.89. The maximum absolute atomic E-state index is 12.6. The summed E-state index contributed by atoms with van der Waals surface area (Å²) in [6, 6.07) is 21.8. The SMILES string of the molecule is CC(C)(C)c1ccc(C(=O)N[C@@H](Cc2ccc(C(=O)c3ccccc3)cc2)C(=O)O)cc1. The number of carbonyl (C=O) groups is 3. The van der Waals surface area contributed by atoms with Crippen molar-refractivity contribution in [1.29, 1.82) is 0 Å². The predicted molar refractivity (Wildman–Crippen MR) is 124 cm³/mol. The van der Waals surface area contributed by atoms with E-state index in [1.54, 1.807) is 60.7 Å². The molecule has 5 nitrogen and oxygen atoms in total. The summed E-state index contributed by atoms with van der Waals surface area (Å²) >= 11 is 0. The van der Waals surface area contributed by atoms with E-state index in [2.05, 4.69) is 26.1 Å². The van der Waals surface area contributed by atoms with Gasteiger partial charge in [-0.25, -0.2) is 4.79 Å². The van der Waals surface area contributed by atoms with E-state index in [4.69, 9.17) is 0 Å². The predicted octanol–water partition coefficient (Wildman–Crippen LogP) is 4.64. The van der Waals surface area contributed by atoms with Gasteiger partial charge in [0.15, 0.2) is 5.78 Å². The fourth-order valence-corrected chi connectivity index (χ4v) is 3.35. The normalized spacial score (nSPS) is 12.1. The van der Waals surface area contributed by atoms with Crippen molar-refractivity contribution in [3.05, 3.63) is 107 Å². The van der Waals surface area contributed by atoms with E-state index in [0.29, 0.717) is 22.3 Å². The highest BCUT2D eigenvalue weighted by molar-refractivity contribution is 6.08. The molecule has 32 heavy (non-hydrogen) atoms. The number of ketones is 1. The molecule has 1 atom stereocenters. The van der Waals surface area contributed by atoms with E-state index in [1.807, 2.05) is 18.2 Å². The van der Waals surface area contributed by atoms with Crippen molar-refractivity contribution < 1.29 is 19.5 Å². The summed E-state index contributed by atoms with van der Waals surface area (Å²) in [6.07, 6.45) is 0.112. The summed E-state index contributed by atoms with van der Waals surface area (Å²) in [5.74, 6) is -1.65. The zero-order valence-corrected chi connectivity index (χ0v) is 18.5. The van der Waals surface area contributed by atoms with Gasteiger partial charge in [-0.15, -0.1) is 0 Å². The quantitative estimate of drug-likeness (QED) is 0.536. The lowest BCUT2D eigenvalue weighted by molar-refractivity contribution is -0.139. The van der Waals surface area contributed by atoms with Crippen LogP contribution in [0.1, 0.15) is 58.2 Å². The lowest BCUT2D eigenvalue weighted by Gasteiger charge is -2.19. The number of rotatable bonds is 7. The van der Waals surface area contributed by atoms with Gasteiger partial charge in [0.1, 0.15) is 6.04 Å². The van der Waals surface area contributed by atoms with Crippen LogP contribution in [0.15, 0.2) is 78.9 Å². The van der Waals surface area contributed by atoms with E-state index in [0.717, 1.165) is 5.56 Å². The maximum atomic E-state index is 12.6. The van der Waals surface area contributed by atoms with Gasteiger partial charge in [-0.3, -0.25) is 9.59 Å². The Balaban J connectivity index is 1.68. The highest BCUT2D eigenvalue weighted by atomic mass is 16.4. The largest absolute Gasteiger partial charge is 0.480 e. The lowest BCUT2D eigenvalue weighted by Crippen LogP contribution is -2.42. The van der Waals surface area contributed by atoms with Gasteiger partial charge in [-0.1, -0.05) is 87.5 Å². The van der Waals surface area contributed by atoms with Crippen LogP contribution in [0.2, 0.25) is 0 Å². The van der Waals surface area contributed by atoms with Crippen LogP contribution < -0.4 is 5.32 Å². The second kappa shape index (κ2) is 9.60. The van der Waals surface area contributed by atoms with E-state index >= 15 is 0 Å². The van der Waals surface area contributed by atoms with Crippen molar-refractivity contribution in [3.8, 4) is 0 Å². The average Bonchev–Trinajstić information content (AvgIpc) is 2.78. The molecule has 1 amide bonds. The van der Waals surface area contributed by atoms with E-state index in [-0.39, 0.29) is 17.6 Å². The standard InChI is InChI=1S/C27H27NO4/c1-27(2,3)22-15-13-21(14-16-22)25(30)28-23(26(31)32)17-18-9-11-20(12-10-18)24(29)19-7-5-4-6-8-19/h4-16,23H,17H2,1-3H3,(H,28,30)(H,31,32)/t23-/m0/s1. The molecule has 0 bridgehead atoms. The number of carboxylic acids is 1. The first-order valence-corrected chi connectivity index (χ1v) is 10.5. The third kappa shape index (κ3) is 5.70. The van der Waals surface area contributed by atoms with E-state index < -0.39 is 17.9 Å². The Hall–Kier alpha value is -3.73. The van der Waals surface area contributed by atoms with Crippen molar-refractivity contribution in [3.63, 3.8) is 0 Å². The number of carbonyl (C=O) groups excluding carboxylic acids is 2. The van der Waals surface area contributed by atoms with Crippen LogP contribution in [0.3, 0.4) is 0 Å². The number of aliphatic carboxylic acids is 1. The molecule has 0 aliphatic carbocycles. The molecule has 0 unspecified atom stereocenters. The number of carboxylic acid groups (broad SMARTS) is 1. The van der Waals surface area contributed by atoms with Gasteiger partial charge in [0.25, 0.3) is 5.91 Å². The Morgan fingerprint density at radius 1 is 0.781 bits per heavy atom. The van der Waals surface area contributed by atoms with Gasteiger partial charge in [0, 0.05) is 23.1 Å². The Morgan fingerprint density at radius 2 is 1.31 bits per heavy atom. The highest BCUT2D eigenvalue weighted by Gasteiger charge is 2.22. The molecule has 0 heterocycles. The molecule has 3 aromatic carbocycles. The van der Waals surface area contributed by atoms with Gasteiger partial charge >= 0.3 is 5.97 Å². The fourth-order valence-electron chi connectivity index (χ4n) is 3.35. The fraction of sp³-hybridized carbons (Fsp3) is 0.222. The molecule has 0 aliphatic heterocycles. The van der Waals surface area contributed by atoms with Gasteiger partial charge in [0.2, 0.25) is 0 Å². The minimum absolute atomic E-state index is 0.0351. The molecule has 3 rings (SSSR count). The first-order valence-electron chi connectivity index (χ1n) is 10.5. The minimum atomic E-state index is -1.12. The van der Waals surface area contributed by atoms with Crippen molar-refractivity contribution in [2.45, 2.75) is 38.6 Å². The Bertz CT molecular complexity index is 1100. The number of hydrogen-bond acceptors (Lipinski definition) is 3.